The number of nitrogens with zero attached hydrogens (tertiary/aromatic N) is 1. The summed E-state index contributed by atoms with van der Waals surface area (Å²) in [5.74, 6) is 1.11. The Morgan fingerprint density at radius 3 is 2.82 bits per heavy atom. The number of amides is 1. The fourth-order valence-corrected chi connectivity index (χ4v) is 4.32. The first-order chi connectivity index (χ1) is 16.0. The third-order valence-corrected chi connectivity index (χ3v) is 6.32. The van der Waals surface area contributed by atoms with Crippen molar-refractivity contribution in [2.45, 2.75) is 26.2 Å². The molecule has 0 saturated heterocycles. The molecule has 1 atom stereocenters. The number of hydrogen-bond donors (Lipinski definition) is 2. The molecule has 0 saturated carbocycles. The van der Waals surface area contributed by atoms with Crippen LogP contribution in [0.1, 0.15) is 24.5 Å². The summed E-state index contributed by atoms with van der Waals surface area (Å²) < 4.78 is 0. The first-order valence-corrected chi connectivity index (χ1v) is 11.6. The number of nitrogens with one attached hydrogen (secondary N) is 2. The van der Waals surface area contributed by atoms with Gasteiger partial charge >= 0.3 is 0 Å². The molecule has 0 spiro atoms. The third-order valence-electron chi connectivity index (χ3n) is 6.08. The van der Waals surface area contributed by atoms with Crippen LogP contribution in [0.5, 0.6) is 0 Å². The van der Waals surface area contributed by atoms with Gasteiger partial charge in [0.25, 0.3) is 0 Å². The number of halogens is 1. The Hall–Kier alpha value is -3.37. The van der Waals surface area contributed by atoms with Crippen LogP contribution in [0.2, 0.25) is 5.02 Å². The summed E-state index contributed by atoms with van der Waals surface area (Å²) in [7, 11) is 0. The quantitative estimate of drug-likeness (QED) is 0.326. The zero-order valence-electron chi connectivity index (χ0n) is 18.8. The molecule has 33 heavy (non-hydrogen) atoms. The zero-order valence-corrected chi connectivity index (χ0v) is 19.5. The Bertz CT molecular complexity index is 1240. The van der Waals surface area contributed by atoms with Gasteiger partial charge in [0.05, 0.1) is 0 Å². The summed E-state index contributed by atoms with van der Waals surface area (Å²) in [6, 6.07) is 16.2. The summed E-state index contributed by atoms with van der Waals surface area (Å²) in [4.78, 5) is 17.1. The van der Waals surface area contributed by atoms with Gasteiger partial charge in [-0.2, -0.15) is 0 Å². The standard InChI is InChI=1S/C28H28ClN3O/c1-3-25(32-27-26-17-24(29)12-11-22(26)14-15-30-27)13-8-19(2)28(33)31-18-20-9-10-21-6-4-5-7-23(21)16-20/h3-8,11-15,17,20H,1,9-10,16,18H2,2H3,(H,30,32)(H,31,33)/b19-8+,25-13+. The molecule has 1 aromatic heterocycles. The van der Waals surface area contributed by atoms with Crippen molar-refractivity contribution in [2.75, 3.05) is 11.9 Å². The van der Waals surface area contributed by atoms with E-state index in [0.717, 1.165) is 35.7 Å². The maximum absolute atomic E-state index is 12.6. The van der Waals surface area contributed by atoms with E-state index >= 15 is 0 Å². The van der Waals surface area contributed by atoms with Gasteiger partial charge in [0.15, 0.2) is 0 Å². The Labute approximate surface area is 200 Å². The van der Waals surface area contributed by atoms with Crippen LogP contribution in [0.4, 0.5) is 5.82 Å². The first kappa shape index (κ1) is 22.8. The van der Waals surface area contributed by atoms with Crippen LogP contribution in [-0.4, -0.2) is 17.4 Å². The Balaban J connectivity index is 1.38. The normalized spacial score (nSPS) is 16.2. The number of pyridine rings is 1. The minimum atomic E-state index is -0.0522. The van der Waals surface area contributed by atoms with E-state index in [-0.39, 0.29) is 5.91 Å². The van der Waals surface area contributed by atoms with Gasteiger partial charge in [-0.05, 0) is 79.0 Å². The van der Waals surface area contributed by atoms with Crippen LogP contribution in [0.3, 0.4) is 0 Å². The number of benzene rings is 2. The van der Waals surface area contributed by atoms with Crippen molar-refractivity contribution in [3.05, 3.63) is 107 Å². The molecular formula is C28H28ClN3O. The Morgan fingerprint density at radius 2 is 2.00 bits per heavy atom. The molecule has 5 heteroatoms. The van der Waals surface area contributed by atoms with Crippen molar-refractivity contribution in [3.63, 3.8) is 0 Å². The minimum Gasteiger partial charge on any atom is -0.352 e. The van der Waals surface area contributed by atoms with E-state index in [0.29, 0.717) is 28.9 Å². The Morgan fingerprint density at radius 1 is 1.18 bits per heavy atom. The van der Waals surface area contributed by atoms with Gasteiger partial charge < -0.3 is 10.6 Å². The third kappa shape index (κ3) is 5.71. The number of hydrogen-bond acceptors (Lipinski definition) is 3. The van der Waals surface area contributed by atoms with Crippen molar-refractivity contribution >= 4 is 34.1 Å². The van der Waals surface area contributed by atoms with E-state index in [1.165, 1.54) is 11.1 Å². The second kappa shape index (κ2) is 10.5. The summed E-state index contributed by atoms with van der Waals surface area (Å²) in [5.41, 5.74) is 4.23. The van der Waals surface area contributed by atoms with E-state index in [1.54, 1.807) is 18.3 Å². The van der Waals surface area contributed by atoms with Gasteiger partial charge in [-0.25, -0.2) is 4.98 Å². The molecule has 1 aliphatic rings. The van der Waals surface area contributed by atoms with Crippen molar-refractivity contribution < 1.29 is 4.79 Å². The molecular weight excluding hydrogens is 430 g/mol. The van der Waals surface area contributed by atoms with Crippen LogP contribution in [-0.2, 0) is 17.6 Å². The highest BCUT2D eigenvalue weighted by Crippen LogP contribution is 2.26. The molecule has 0 fully saturated rings. The lowest BCUT2D eigenvalue weighted by molar-refractivity contribution is -0.117. The fourth-order valence-electron chi connectivity index (χ4n) is 4.15. The fraction of sp³-hybridized carbons (Fsp3) is 0.214. The van der Waals surface area contributed by atoms with Crippen molar-refractivity contribution in [1.82, 2.24) is 10.3 Å². The Kier molecular flexibility index (Phi) is 7.26. The van der Waals surface area contributed by atoms with Gasteiger partial charge in [0, 0.05) is 34.4 Å². The molecule has 3 aromatic rings. The number of carbonyl (C=O) groups is 1. The highest BCUT2D eigenvalue weighted by molar-refractivity contribution is 6.31. The average molecular weight is 458 g/mol. The summed E-state index contributed by atoms with van der Waals surface area (Å²) in [6.07, 6.45) is 10.3. The lowest BCUT2D eigenvalue weighted by Gasteiger charge is -2.24. The highest BCUT2D eigenvalue weighted by atomic mass is 35.5. The lowest BCUT2D eigenvalue weighted by atomic mass is 9.84. The molecule has 0 aliphatic heterocycles. The number of allylic oxidation sites excluding steroid dienone is 3. The van der Waals surface area contributed by atoms with Gasteiger partial charge in [-0.15, -0.1) is 0 Å². The molecule has 0 radical (unpaired) electrons. The maximum Gasteiger partial charge on any atom is 0.246 e. The van der Waals surface area contributed by atoms with Gasteiger partial charge in [0.1, 0.15) is 5.82 Å². The molecule has 2 aromatic carbocycles. The smallest absolute Gasteiger partial charge is 0.246 e. The zero-order chi connectivity index (χ0) is 23.2. The molecule has 1 heterocycles. The second-order valence-corrected chi connectivity index (χ2v) is 8.85. The molecule has 1 aliphatic carbocycles. The minimum absolute atomic E-state index is 0.0522. The van der Waals surface area contributed by atoms with Crippen LogP contribution in [0, 0.1) is 5.92 Å². The summed E-state index contributed by atoms with van der Waals surface area (Å²) in [5, 5.41) is 8.99. The van der Waals surface area contributed by atoms with Crippen molar-refractivity contribution in [3.8, 4) is 0 Å². The van der Waals surface area contributed by atoms with Gasteiger partial charge in [0.2, 0.25) is 5.91 Å². The van der Waals surface area contributed by atoms with E-state index in [1.807, 2.05) is 37.3 Å². The SMILES string of the molecule is C=C/C(=C\C=C(/C)C(=O)NCC1CCc2ccccc2C1)Nc1nccc2ccc(Cl)cc12. The van der Waals surface area contributed by atoms with Crippen molar-refractivity contribution in [2.24, 2.45) is 5.92 Å². The van der Waals surface area contributed by atoms with Gasteiger partial charge in [-0.3, -0.25) is 4.79 Å². The molecule has 1 unspecified atom stereocenters. The molecule has 4 nitrogen and oxygen atoms in total. The number of fused-ring (bicyclic) bond motifs is 2. The van der Waals surface area contributed by atoms with Gasteiger partial charge in [-0.1, -0.05) is 54.6 Å². The highest BCUT2D eigenvalue weighted by Gasteiger charge is 2.18. The molecule has 168 valence electrons. The largest absolute Gasteiger partial charge is 0.352 e. The van der Waals surface area contributed by atoms with Crippen molar-refractivity contribution in [1.29, 1.82) is 0 Å². The molecule has 0 bridgehead atoms. The van der Waals surface area contributed by atoms with Crippen LogP contribution in [0.15, 0.2) is 90.8 Å². The van der Waals surface area contributed by atoms with Crippen LogP contribution >= 0.6 is 11.6 Å². The number of aryl methyl sites for hydroxylation is 1. The second-order valence-electron chi connectivity index (χ2n) is 8.41. The lowest BCUT2D eigenvalue weighted by Crippen LogP contribution is -2.32. The number of aromatic nitrogens is 1. The topological polar surface area (TPSA) is 54.0 Å². The summed E-state index contributed by atoms with van der Waals surface area (Å²) in [6.45, 7) is 6.39. The van der Waals surface area contributed by atoms with E-state index in [2.05, 4.69) is 46.5 Å². The maximum atomic E-state index is 12.6. The van der Waals surface area contributed by atoms with E-state index in [4.69, 9.17) is 11.6 Å². The van der Waals surface area contributed by atoms with Crippen LogP contribution in [0.25, 0.3) is 10.8 Å². The monoisotopic (exact) mass is 457 g/mol. The number of anilines is 1. The van der Waals surface area contributed by atoms with E-state index < -0.39 is 0 Å². The first-order valence-electron chi connectivity index (χ1n) is 11.2. The predicted octanol–water partition coefficient (Wildman–Crippen LogP) is 6.24. The van der Waals surface area contributed by atoms with E-state index in [9.17, 15) is 4.79 Å². The number of rotatable bonds is 7. The molecule has 1 amide bonds. The molecule has 4 rings (SSSR count). The average Bonchev–Trinajstić information content (AvgIpc) is 2.84. The predicted molar refractivity (Wildman–Crippen MR) is 137 cm³/mol. The molecule has 2 N–H and O–H groups in total. The summed E-state index contributed by atoms with van der Waals surface area (Å²) >= 11 is 6.17. The van der Waals surface area contributed by atoms with Crippen LogP contribution < -0.4 is 10.6 Å². The number of carbonyl (C=O) groups excluding carboxylic acids is 1.